The van der Waals surface area contributed by atoms with Gasteiger partial charge in [0.15, 0.2) is 0 Å². The molecule has 1 aliphatic rings. The molecule has 112 valence electrons. The van der Waals surface area contributed by atoms with Gasteiger partial charge in [-0.15, -0.1) is 0 Å². The highest BCUT2D eigenvalue weighted by molar-refractivity contribution is 5.32. The maximum Gasteiger partial charge on any atom is 0.119 e. The van der Waals surface area contributed by atoms with Crippen molar-refractivity contribution in [3.8, 4) is 5.75 Å². The monoisotopic (exact) mass is 278 g/mol. The van der Waals surface area contributed by atoms with E-state index in [1.807, 2.05) is 0 Å². The second kappa shape index (κ2) is 7.62. The lowest BCUT2D eigenvalue weighted by molar-refractivity contribution is 0.102. The summed E-state index contributed by atoms with van der Waals surface area (Å²) >= 11 is 0. The summed E-state index contributed by atoms with van der Waals surface area (Å²) in [7, 11) is 0. The zero-order chi connectivity index (χ0) is 14.4. The van der Waals surface area contributed by atoms with Crippen molar-refractivity contribution in [2.24, 2.45) is 0 Å². The topological polar surface area (TPSA) is 35.9 Å². The minimum Gasteiger partial charge on any atom is -0.492 e. The van der Waals surface area contributed by atoms with E-state index in [-0.39, 0.29) is 6.61 Å². The minimum atomic E-state index is 0.260. The van der Waals surface area contributed by atoms with E-state index in [0.717, 1.165) is 51.6 Å². The largest absolute Gasteiger partial charge is 0.492 e. The van der Waals surface area contributed by atoms with Gasteiger partial charge in [-0.05, 0) is 37.1 Å². The number of benzene rings is 1. The van der Waals surface area contributed by atoms with Crippen LogP contribution in [0.25, 0.3) is 0 Å². The lowest BCUT2D eigenvalue weighted by atomic mass is 10.1. The summed E-state index contributed by atoms with van der Waals surface area (Å²) in [5, 5.41) is 8.92. The number of aliphatic hydroxyl groups is 1. The molecule has 2 rings (SSSR count). The molecule has 0 aromatic heterocycles. The van der Waals surface area contributed by atoms with E-state index in [1.165, 1.54) is 11.1 Å². The maximum atomic E-state index is 8.92. The van der Waals surface area contributed by atoms with Crippen LogP contribution in [0.3, 0.4) is 0 Å². The number of β-amino-alcohol motifs (C(OH)–C–C–N with tert-alkyl or cyclic N) is 1. The van der Waals surface area contributed by atoms with Crippen molar-refractivity contribution >= 4 is 0 Å². The second-order valence-electron chi connectivity index (χ2n) is 5.58. The summed E-state index contributed by atoms with van der Waals surface area (Å²) in [6.45, 7) is 11.2. The Hall–Kier alpha value is -1.10. The highest BCUT2D eigenvalue weighted by Gasteiger charge is 2.15. The van der Waals surface area contributed by atoms with E-state index in [0.29, 0.717) is 0 Å². The molecule has 0 amide bonds. The third kappa shape index (κ3) is 4.78. The Kier molecular flexibility index (Phi) is 5.83. The molecule has 1 fully saturated rings. The van der Waals surface area contributed by atoms with Crippen molar-refractivity contribution < 1.29 is 9.84 Å². The Morgan fingerprint density at radius 2 is 1.50 bits per heavy atom. The van der Waals surface area contributed by atoms with Crippen molar-refractivity contribution in [3.63, 3.8) is 0 Å². The molecule has 0 unspecified atom stereocenters. The molecule has 0 atom stereocenters. The molecule has 20 heavy (non-hydrogen) atoms. The van der Waals surface area contributed by atoms with Gasteiger partial charge in [0, 0.05) is 39.3 Å². The average Bonchev–Trinajstić information content (AvgIpc) is 2.40. The van der Waals surface area contributed by atoms with Gasteiger partial charge >= 0.3 is 0 Å². The molecule has 0 aliphatic carbocycles. The Morgan fingerprint density at radius 1 is 0.950 bits per heavy atom. The number of nitrogens with zero attached hydrogens (tertiary/aromatic N) is 2. The van der Waals surface area contributed by atoms with Crippen molar-refractivity contribution in [1.82, 2.24) is 9.80 Å². The van der Waals surface area contributed by atoms with Crippen LogP contribution in [-0.2, 0) is 0 Å². The molecular weight excluding hydrogens is 252 g/mol. The van der Waals surface area contributed by atoms with Crippen LogP contribution in [-0.4, -0.2) is 67.4 Å². The first-order valence-corrected chi connectivity index (χ1v) is 7.44. The molecule has 1 aromatic rings. The Balaban J connectivity index is 1.69. The smallest absolute Gasteiger partial charge is 0.119 e. The van der Waals surface area contributed by atoms with Gasteiger partial charge < -0.3 is 9.84 Å². The van der Waals surface area contributed by atoms with Crippen LogP contribution in [0, 0.1) is 13.8 Å². The Labute approximate surface area is 122 Å². The van der Waals surface area contributed by atoms with Crippen LogP contribution in [0.4, 0.5) is 0 Å². The Morgan fingerprint density at radius 3 is 2.05 bits per heavy atom. The third-order valence-corrected chi connectivity index (χ3v) is 3.75. The average molecular weight is 278 g/mol. The molecule has 0 saturated carbocycles. The van der Waals surface area contributed by atoms with Gasteiger partial charge in [0.2, 0.25) is 0 Å². The number of hydrogen-bond donors (Lipinski definition) is 1. The molecule has 4 nitrogen and oxygen atoms in total. The molecular formula is C16H26N2O2. The van der Waals surface area contributed by atoms with Crippen LogP contribution in [0.1, 0.15) is 11.1 Å². The maximum absolute atomic E-state index is 8.92. The van der Waals surface area contributed by atoms with Crippen LogP contribution >= 0.6 is 0 Å². The standard InChI is InChI=1S/C16H26N2O2/c1-14-11-15(2)13-16(12-14)20-10-8-18-5-3-17(4-6-18)7-9-19/h11-13,19H,3-10H2,1-2H3. The van der Waals surface area contributed by atoms with Crippen molar-refractivity contribution in [2.75, 3.05) is 52.5 Å². The minimum absolute atomic E-state index is 0.260. The summed E-state index contributed by atoms with van der Waals surface area (Å²) in [5.74, 6) is 0.974. The highest BCUT2D eigenvalue weighted by Crippen LogP contribution is 2.16. The lowest BCUT2D eigenvalue weighted by Gasteiger charge is -2.34. The summed E-state index contributed by atoms with van der Waals surface area (Å²) < 4.78 is 5.85. The van der Waals surface area contributed by atoms with Crippen molar-refractivity contribution in [2.45, 2.75) is 13.8 Å². The summed E-state index contributed by atoms with van der Waals surface area (Å²) in [6, 6.07) is 6.34. The van der Waals surface area contributed by atoms with Gasteiger partial charge in [-0.2, -0.15) is 0 Å². The zero-order valence-electron chi connectivity index (χ0n) is 12.6. The number of aryl methyl sites for hydroxylation is 2. The summed E-state index contributed by atoms with van der Waals surface area (Å²) in [6.07, 6.45) is 0. The van der Waals surface area contributed by atoms with E-state index in [4.69, 9.17) is 9.84 Å². The quantitative estimate of drug-likeness (QED) is 0.851. The number of aliphatic hydroxyl groups excluding tert-OH is 1. The number of piperazine rings is 1. The predicted octanol–water partition coefficient (Wildman–Crippen LogP) is 1.29. The Bertz CT molecular complexity index is 395. The number of hydrogen-bond acceptors (Lipinski definition) is 4. The molecule has 1 N–H and O–H groups in total. The first-order valence-electron chi connectivity index (χ1n) is 7.44. The van der Waals surface area contributed by atoms with E-state index < -0.39 is 0 Å². The van der Waals surface area contributed by atoms with Gasteiger partial charge in [0.1, 0.15) is 12.4 Å². The first kappa shape index (κ1) is 15.3. The predicted molar refractivity (Wildman–Crippen MR) is 81.4 cm³/mol. The van der Waals surface area contributed by atoms with Crippen LogP contribution in [0.2, 0.25) is 0 Å². The van der Waals surface area contributed by atoms with Crippen molar-refractivity contribution in [1.29, 1.82) is 0 Å². The zero-order valence-corrected chi connectivity index (χ0v) is 12.6. The molecule has 1 saturated heterocycles. The van der Waals surface area contributed by atoms with Gasteiger partial charge in [0.05, 0.1) is 6.61 Å². The van der Waals surface area contributed by atoms with Crippen LogP contribution in [0.5, 0.6) is 5.75 Å². The molecule has 4 heteroatoms. The molecule has 1 aliphatic heterocycles. The number of ether oxygens (including phenoxy) is 1. The van der Waals surface area contributed by atoms with E-state index >= 15 is 0 Å². The third-order valence-electron chi connectivity index (χ3n) is 3.75. The summed E-state index contributed by atoms with van der Waals surface area (Å²) in [5.41, 5.74) is 2.50. The fourth-order valence-electron chi connectivity index (χ4n) is 2.69. The van der Waals surface area contributed by atoms with Gasteiger partial charge in [-0.3, -0.25) is 9.80 Å². The van der Waals surface area contributed by atoms with Gasteiger partial charge in [0.25, 0.3) is 0 Å². The molecule has 1 heterocycles. The van der Waals surface area contributed by atoms with Crippen molar-refractivity contribution in [3.05, 3.63) is 29.3 Å². The summed E-state index contributed by atoms with van der Waals surface area (Å²) in [4.78, 5) is 4.73. The second-order valence-corrected chi connectivity index (χ2v) is 5.58. The van der Waals surface area contributed by atoms with E-state index in [1.54, 1.807) is 0 Å². The van der Waals surface area contributed by atoms with Gasteiger partial charge in [-0.25, -0.2) is 0 Å². The fourth-order valence-corrected chi connectivity index (χ4v) is 2.69. The molecule has 0 spiro atoms. The lowest BCUT2D eigenvalue weighted by Crippen LogP contribution is -2.48. The molecule has 1 aromatic carbocycles. The number of rotatable bonds is 6. The molecule has 0 radical (unpaired) electrons. The van der Waals surface area contributed by atoms with Gasteiger partial charge in [-0.1, -0.05) is 6.07 Å². The normalized spacial score (nSPS) is 17.4. The van der Waals surface area contributed by atoms with Crippen LogP contribution < -0.4 is 4.74 Å². The SMILES string of the molecule is Cc1cc(C)cc(OCCN2CCN(CCO)CC2)c1. The highest BCUT2D eigenvalue weighted by atomic mass is 16.5. The van der Waals surface area contributed by atoms with E-state index in [2.05, 4.69) is 41.8 Å². The van der Waals surface area contributed by atoms with E-state index in [9.17, 15) is 0 Å². The van der Waals surface area contributed by atoms with Crippen LogP contribution in [0.15, 0.2) is 18.2 Å². The molecule has 0 bridgehead atoms. The fraction of sp³-hybridized carbons (Fsp3) is 0.625. The first-order chi connectivity index (χ1) is 9.67.